The minimum atomic E-state index is 0.799. The van der Waals surface area contributed by atoms with Crippen molar-refractivity contribution in [1.29, 1.82) is 0 Å². The Hall–Kier alpha value is -0.530. The van der Waals surface area contributed by atoms with Crippen molar-refractivity contribution in [1.82, 2.24) is 5.32 Å². The molecule has 0 saturated carbocycles. The van der Waals surface area contributed by atoms with Crippen LogP contribution in [0.3, 0.4) is 0 Å². The van der Waals surface area contributed by atoms with Gasteiger partial charge in [0.15, 0.2) is 0 Å². The average molecular weight is 224 g/mol. The number of rotatable bonds is 3. The third kappa shape index (κ3) is 2.96. The molecule has 1 heterocycles. The second-order valence-corrected chi connectivity index (χ2v) is 4.82. The van der Waals surface area contributed by atoms with E-state index < -0.39 is 0 Å². The van der Waals surface area contributed by atoms with Gasteiger partial charge in [0.05, 0.1) is 0 Å². The lowest BCUT2D eigenvalue weighted by atomic mass is 9.97. The highest BCUT2D eigenvalue weighted by Gasteiger charge is 2.15. The molecule has 0 bridgehead atoms. The molecule has 1 aliphatic heterocycles. The molecule has 1 atom stereocenters. The monoisotopic (exact) mass is 223 g/mol. The zero-order valence-electron chi connectivity index (χ0n) is 9.22. The molecule has 1 fully saturated rings. The molecule has 0 radical (unpaired) electrons. The van der Waals surface area contributed by atoms with Gasteiger partial charge in [-0.25, -0.2) is 0 Å². The van der Waals surface area contributed by atoms with Crippen LogP contribution >= 0.6 is 11.6 Å². The summed E-state index contributed by atoms with van der Waals surface area (Å²) in [5, 5.41) is 4.29. The number of nitrogens with one attached hydrogen (secondary N) is 1. The Morgan fingerprint density at radius 3 is 2.80 bits per heavy atom. The largest absolute Gasteiger partial charge is 0.316 e. The van der Waals surface area contributed by atoms with Gasteiger partial charge in [-0.05, 0) is 61.5 Å². The lowest BCUT2D eigenvalue weighted by Crippen LogP contribution is -2.10. The van der Waals surface area contributed by atoms with Crippen LogP contribution in [0.1, 0.15) is 24.5 Å². The normalized spacial score (nSPS) is 20.8. The molecular weight excluding hydrogens is 206 g/mol. The van der Waals surface area contributed by atoms with Crippen molar-refractivity contribution in [2.45, 2.75) is 26.2 Å². The van der Waals surface area contributed by atoms with E-state index in [1.807, 2.05) is 0 Å². The van der Waals surface area contributed by atoms with Crippen LogP contribution in [-0.4, -0.2) is 13.1 Å². The summed E-state index contributed by atoms with van der Waals surface area (Å²) in [6.07, 6.45) is 3.53. The number of hydrogen-bond acceptors (Lipinski definition) is 1. The molecule has 2 heteroatoms. The minimum absolute atomic E-state index is 0.799. The van der Waals surface area contributed by atoms with Gasteiger partial charge in [0.25, 0.3) is 0 Å². The van der Waals surface area contributed by atoms with Gasteiger partial charge < -0.3 is 5.32 Å². The van der Waals surface area contributed by atoms with E-state index in [4.69, 9.17) is 11.6 Å². The molecule has 0 aromatic heterocycles. The highest BCUT2D eigenvalue weighted by molar-refractivity contribution is 6.30. The Labute approximate surface area is 96.8 Å². The van der Waals surface area contributed by atoms with Crippen molar-refractivity contribution in [2.24, 2.45) is 5.92 Å². The second kappa shape index (κ2) is 5.00. The van der Waals surface area contributed by atoms with E-state index in [0.29, 0.717) is 0 Å². The number of hydrogen-bond donors (Lipinski definition) is 1. The van der Waals surface area contributed by atoms with Crippen molar-refractivity contribution in [3.8, 4) is 0 Å². The van der Waals surface area contributed by atoms with Crippen LogP contribution in [0.25, 0.3) is 0 Å². The SMILES string of the molecule is CCc1cc(Cl)cc(CC2CCNC2)c1. The van der Waals surface area contributed by atoms with Crippen LogP contribution in [0.5, 0.6) is 0 Å². The smallest absolute Gasteiger partial charge is 0.0411 e. The van der Waals surface area contributed by atoms with Crippen LogP contribution in [0.4, 0.5) is 0 Å². The molecule has 1 aliphatic rings. The fraction of sp³-hybridized carbons (Fsp3) is 0.538. The van der Waals surface area contributed by atoms with Gasteiger partial charge >= 0.3 is 0 Å². The third-order valence-corrected chi connectivity index (χ3v) is 3.33. The summed E-state index contributed by atoms with van der Waals surface area (Å²) < 4.78 is 0. The maximum Gasteiger partial charge on any atom is 0.0411 e. The van der Waals surface area contributed by atoms with E-state index in [-0.39, 0.29) is 0 Å². The average Bonchev–Trinajstić information content (AvgIpc) is 2.69. The highest BCUT2D eigenvalue weighted by Crippen LogP contribution is 2.20. The summed E-state index contributed by atoms with van der Waals surface area (Å²) >= 11 is 6.10. The minimum Gasteiger partial charge on any atom is -0.316 e. The fourth-order valence-electron chi connectivity index (χ4n) is 2.26. The Bertz CT molecular complexity index is 329. The van der Waals surface area contributed by atoms with E-state index in [0.717, 1.165) is 23.9 Å². The molecule has 1 aromatic carbocycles. The van der Waals surface area contributed by atoms with Crippen molar-refractivity contribution in [3.63, 3.8) is 0 Å². The van der Waals surface area contributed by atoms with E-state index in [2.05, 4.69) is 30.4 Å². The summed E-state index contributed by atoms with van der Waals surface area (Å²) in [4.78, 5) is 0. The highest BCUT2D eigenvalue weighted by atomic mass is 35.5. The third-order valence-electron chi connectivity index (χ3n) is 3.11. The lowest BCUT2D eigenvalue weighted by Gasteiger charge is -2.10. The topological polar surface area (TPSA) is 12.0 Å². The number of benzene rings is 1. The van der Waals surface area contributed by atoms with E-state index in [1.54, 1.807) is 0 Å². The van der Waals surface area contributed by atoms with Gasteiger partial charge in [-0.15, -0.1) is 0 Å². The van der Waals surface area contributed by atoms with Crippen molar-refractivity contribution < 1.29 is 0 Å². The number of halogens is 1. The Balaban J connectivity index is 2.09. The van der Waals surface area contributed by atoms with Gasteiger partial charge in [-0.1, -0.05) is 24.6 Å². The molecule has 0 spiro atoms. The van der Waals surface area contributed by atoms with Crippen LogP contribution in [-0.2, 0) is 12.8 Å². The molecule has 1 unspecified atom stereocenters. The van der Waals surface area contributed by atoms with Gasteiger partial charge in [0.1, 0.15) is 0 Å². The summed E-state index contributed by atoms with van der Waals surface area (Å²) in [6, 6.07) is 6.47. The van der Waals surface area contributed by atoms with Gasteiger partial charge in [0, 0.05) is 5.02 Å². The summed E-state index contributed by atoms with van der Waals surface area (Å²) in [5.74, 6) is 0.799. The van der Waals surface area contributed by atoms with E-state index >= 15 is 0 Å². The predicted molar refractivity (Wildman–Crippen MR) is 65.5 cm³/mol. The van der Waals surface area contributed by atoms with Crippen molar-refractivity contribution >= 4 is 11.6 Å². The first-order chi connectivity index (χ1) is 7.28. The standard InChI is InChI=1S/C13H18ClN/c1-2-10-5-12(8-13(14)7-10)6-11-3-4-15-9-11/h5,7-8,11,15H,2-4,6,9H2,1H3. The Morgan fingerprint density at radius 1 is 1.33 bits per heavy atom. The first kappa shape index (κ1) is 11.0. The van der Waals surface area contributed by atoms with Gasteiger partial charge in [-0.3, -0.25) is 0 Å². The van der Waals surface area contributed by atoms with Crippen LogP contribution in [0.15, 0.2) is 18.2 Å². The Morgan fingerprint density at radius 2 is 2.13 bits per heavy atom. The summed E-state index contributed by atoms with van der Waals surface area (Å²) in [5.41, 5.74) is 2.75. The van der Waals surface area contributed by atoms with Crippen molar-refractivity contribution in [3.05, 3.63) is 34.3 Å². The first-order valence-corrected chi connectivity index (χ1v) is 6.15. The van der Waals surface area contributed by atoms with E-state index in [9.17, 15) is 0 Å². The maximum absolute atomic E-state index is 6.10. The first-order valence-electron chi connectivity index (χ1n) is 5.77. The molecule has 0 amide bonds. The molecular formula is C13H18ClN. The quantitative estimate of drug-likeness (QED) is 0.831. The molecule has 1 saturated heterocycles. The second-order valence-electron chi connectivity index (χ2n) is 4.38. The fourth-order valence-corrected chi connectivity index (χ4v) is 2.54. The Kier molecular flexibility index (Phi) is 3.66. The zero-order valence-corrected chi connectivity index (χ0v) is 9.98. The molecule has 2 rings (SSSR count). The molecule has 1 aromatic rings. The van der Waals surface area contributed by atoms with Crippen LogP contribution in [0.2, 0.25) is 5.02 Å². The summed E-state index contributed by atoms with van der Waals surface area (Å²) in [7, 11) is 0. The molecule has 1 N–H and O–H groups in total. The molecule has 82 valence electrons. The molecule has 15 heavy (non-hydrogen) atoms. The predicted octanol–water partition coefficient (Wildman–Crippen LogP) is 3.05. The van der Waals surface area contributed by atoms with Crippen molar-refractivity contribution in [2.75, 3.05) is 13.1 Å². The van der Waals surface area contributed by atoms with Gasteiger partial charge in [-0.2, -0.15) is 0 Å². The zero-order chi connectivity index (χ0) is 10.7. The van der Waals surface area contributed by atoms with Crippen LogP contribution < -0.4 is 5.32 Å². The molecule has 0 aliphatic carbocycles. The number of aryl methyl sites for hydroxylation is 1. The maximum atomic E-state index is 6.10. The van der Waals surface area contributed by atoms with Gasteiger partial charge in [0.2, 0.25) is 0 Å². The lowest BCUT2D eigenvalue weighted by molar-refractivity contribution is 0.580. The van der Waals surface area contributed by atoms with Crippen LogP contribution in [0, 0.1) is 5.92 Å². The van der Waals surface area contributed by atoms with E-state index in [1.165, 1.54) is 30.5 Å². The summed E-state index contributed by atoms with van der Waals surface area (Å²) in [6.45, 7) is 4.51. The molecule has 1 nitrogen and oxygen atoms in total.